The van der Waals surface area contributed by atoms with Gasteiger partial charge in [0.05, 0.1) is 0 Å². The van der Waals surface area contributed by atoms with Crippen molar-refractivity contribution < 1.29 is 0 Å². The van der Waals surface area contributed by atoms with Crippen LogP contribution in [0.5, 0.6) is 0 Å². The second-order valence-electron chi connectivity index (χ2n) is 5.40. The molecule has 2 heterocycles. The minimum absolute atomic E-state index is 0.373. The molecule has 2 aromatic rings. The van der Waals surface area contributed by atoms with Gasteiger partial charge in [-0.3, -0.25) is 0 Å². The molecule has 1 saturated heterocycles. The zero-order chi connectivity index (χ0) is 12.1. The summed E-state index contributed by atoms with van der Waals surface area (Å²) >= 11 is 0. The van der Waals surface area contributed by atoms with Crippen molar-refractivity contribution in [3.05, 3.63) is 35.5 Å². The lowest BCUT2D eigenvalue weighted by atomic mass is 9.75. The van der Waals surface area contributed by atoms with E-state index in [9.17, 15) is 5.26 Å². The third-order valence-electron chi connectivity index (χ3n) is 4.56. The van der Waals surface area contributed by atoms with E-state index in [-0.39, 0.29) is 0 Å². The molecule has 1 fully saturated rings. The van der Waals surface area contributed by atoms with Crippen molar-refractivity contribution in [1.82, 2.24) is 9.88 Å². The van der Waals surface area contributed by atoms with Gasteiger partial charge in [0.15, 0.2) is 6.19 Å². The van der Waals surface area contributed by atoms with Gasteiger partial charge in [-0.1, -0.05) is 12.1 Å². The Bertz CT molecular complexity index is 649. The summed E-state index contributed by atoms with van der Waals surface area (Å²) in [6.07, 6.45) is 7.85. The number of rotatable bonds is 0. The van der Waals surface area contributed by atoms with Gasteiger partial charge in [-0.25, -0.2) is 0 Å². The Labute approximate surface area is 106 Å². The van der Waals surface area contributed by atoms with Gasteiger partial charge in [0.1, 0.15) is 0 Å². The molecule has 1 N–H and O–H groups in total. The van der Waals surface area contributed by atoms with Crippen molar-refractivity contribution in [3.63, 3.8) is 0 Å². The highest BCUT2D eigenvalue weighted by atomic mass is 15.2. The van der Waals surface area contributed by atoms with Crippen LogP contribution in [-0.2, 0) is 6.42 Å². The van der Waals surface area contributed by atoms with E-state index in [0.717, 1.165) is 19.4 Å². The Morgan fingerprint density at radius 2 is 2.33 bits per heavy atom. The highest BCUT2D eigenvalue weighted by Gasteiger charge is 2.37. The first kappa shape index (κ1) is 10.0. The van der Waals surface area contributed by atoms with E-state index >= 15 is 0 Å². The molecule has 1 aliphatic heterocycles. The number of piperidine rings is 1. The molecule has 0 radical (unpaired) electrons. The van der Waals surface area contributed by atoms with E-state index in [1.807, 2.05) is 4.90 Å². The summed E-state index contributed by atoms with van der Waals surface area (Å²) in [5.41, 5.74) is 4.07. The summed E-state index contributed by atoms with van der Waals surface area (Å²) in [5.74, 6) is 0.533. The van der Waals surface area contributed by atoms with Gasteiger partial charge < -0.3 is 9.88 Å². The van der Waals surface area contributed by atoms with Crippen molar-refractivity contribution in [2.75, 3.05) is 6.54 Å². The first-order valence-corrected chi connectivity index (χ1v) is 6.64. The Kier molecular flexibility index (Phi) is 1.96. The number of H-pyrrole nitrogens is 1. The zero-order valence-electron chi connectivity index (χ0n) is 10.2. The maximum atomic E-state index is 9.29. The van der Waals surface area contributed by atoms with E-state index in [1.54, 1.807) is 0 Å². The summed E-state index contributed by atoms with van der Waals surface area (Å²) in [7, 11) is 0. The summed E-state index contributed by atoms with van der Waals surface area (Å²) in [6.45, 7) is 0.924. The fourth-order valence-corrected chi connectivity index (χ4v) is 3.78. The minimum atomic E-state index is 0.373. The number of hydrogen-bond donors (Lipinski definition) is 1. The number of hydrogen-bond acceptors (Lipinski definition) is 2. The maximum absolute atomic E-state index is 9.29. The topological polar surface area (TPSA) is 42.8 Å². The van der Waals surface area contributed by atoms with Crippen molar-refractivity contribution in [1.29, 1.82) is 5.26 Å². The number of aromatic amines is 1. The lowest BCUT2D eigenvalue weighted by Crippen LogP contribution is -2.44. The molecule has 2 aliphatic rings. The zero-order valence-corrected chi connectivity index (χ0v) is 10.2. The Morgan fingerprint density at radius 3 is 3.22 bits per heavy atom. The third-order valence-corrected chi connectivity index (χ3v) is 4.56. The van der Waals surface area contributed by atoms with E-state index in [1.165, 1.54) is 28.5 Å². The fraction of sp³-hybridized carbons (Fsp3) is 0.400. The first-order valence-electron chi connectivity index (χ1n) is 6.64. The molecule has 3 heteroatoms. The van der Waals surface area contributed by atoms with Gasteiger partial charge >= 0.3 is 0 Å². The summed E-state index contributed by atoms with van der Waals surface area (Å²) < 4.78 is 0. The monoisotopic (exact) mass is 237 g/mol. The molecule has 1 aliphatic carbocycles. The van der Waals surface area contributed by atoms with Crippen LogP contribution in [0.1, 0.15) is 29.9 Å². The third kappa shape index (κ3) is 1.18. The van der Waals surface area contributed by atoms with E-state index < -0.39 is 0 Å². The molecule has 18 heavy (non-hydrogen) atoms. The van der Waals surface area contributed by atoms with Crippen LogP contribution in [-0.4, -0.2) is 22.5 Å². The van der Waals surface area contributed by atoms with Crippen LogP contribution in [0.2, 0.25) is 0 Å². The molecule has 4 rings (SSSR count). The van der Waals surface area contributed by atoms with Crippen LogP contribution in [0.25, 0.3) is 10.9 Å². The molecule has 1 unspecified atom stereocenters. The quantitative estimate of drug-likeness (QED) is 0.716. The lowest BCUT2D eigenvalue weighted by molar-refractivity contribution is 0.191. The van der Waals surface area contributed by atoms with Crippen LogP contribution in [0.4, 0.5) is 0 Å². The van der Waals surface area contributed by atoms with Crippen LogP contribution in [0.3, 0.4) is 0 Å². The van der Waals surface area contributed by atoms with E-state index in [4.69, 9.17) is 0 Å². The standard InChI is InChI=1S/C15H15N3/c16-9-18-6-2-4-11-12-3-1-5-13-15(12)10(8-17-13)7-14(11)18/h1,3,5,8,11,14,17H,2,4,6-7H2/t11?,14-/m1/s1. The van der Waals surface area contributed by atoms with Gasteiger partial charge in [0, 0.05) is 35.6 Å². The van der Waals surface area contributed by atoms with Gasteiger partial charge in [-0.15, -0.1) is 0 Å². The van der Waals surface area contributed by atoms with Gasteiger partial charge in [-0.2, -0.15) is 5.26 Å². The molecule has 0 bridgehead atoms. The van der Waals surface area contributed by atoms with Crippen molar-refractivity contribution in [3.8, 4) is 6.19 Å². The molecule has 0 saturated carbocycles. The van der Waals surface area contributed by atoms with Gasteiger partial charge in [0.25, 0.3) is 0 Å². The maximum Gasteiger partial charge on any atom is 0.179 e. The van der Waals surface area contributed by atoms with Crippen molar-refractivity contribution in [2.24, 2.45) is 0 Å². The molecule has 0 amide bonds. The lowest BCUT2D eigenvalue weighted by Gasteiger charge is -2.41. The molecule has 1 aromatic heterocycles. The second kappa shape index (κ2) is 3.52. The number of nitriles is 1. The molecule has 90 valence electrons. The average Bonchev–Trinajstić information content (AvgIpc) is 2.83. The summed E-state index contributed by atoms with van der Waals surface area (Å²) in [5, 5.41) is 10.7. The number of aromatic nitrogens is 1. The van der Waals surface area contributed by atoms with Gasteiger partial charge in [0.2, 0.25) is 0 Å². The normalized spacial score (nSPS) is 25.8. The highest BCUT2D eigenvalue weighted by Crippen LogP contribution is 2.42. The predicted octanol–water partition coefficient (Wildman–Crippen LogP) is 2.75. The second-order valence-corrected chi connectivity index (χ2v) is 5.40. The number of likely N-dealkylation sites (tertiary alicyclic amines) is 1. The van der Waals surface area contributed by atoms with Crippen LogP contribution >= 0.6 is 0 Å². The summed E-state index contributed by atoms with van der Waals surface area (Å²) in [4.78, 5) is 5.35. The smallest absolute Gasteiger partial charge is 0.179 e. The first-order chi connectivity index (χ1) is 8.88. The van der Waals surface area contributed by atoms with Crippen LogP contribution in [0, 0.1) is 11.5 Å². The number of benzene rings is 1. The van der Waals surface area contributed by atoms with Crippen molar-refractivity contribution >= 4 is 10.9 Å². The number of nitrogens with one attached hydrogen (secondary N) is 1. The highest BCUT2D eigenvalue weighted by molar-refractivity contribution is 5.88. The molecule has 1 aromatic carbocycles. The SMILES string of the molecule is N#CN1CCCC2c3cccc4[nH]cc(c34)C[C@H]21. The largest absolute Gasteiger partial charge is 0.361 e. The predicted molar refractivity (Wildman–Crippen MR) is 70.1 cm³/mol. The van der Waals surface area contributed by atoms with Crippen LogP contribution < -0.4 is 0 Å². The summed E-state index contributed by atoms with van der Waals surface area (Å²) in [6, 6.07) is 6.90. The van der Waals surface area contributed by atoms with E-state index in [2.05, 4.69) is 35.6 Å². The van der Waals surface area contributed by atoms with Crippen molar-refractivity contribution in [2.45, 2.75) is 31.2 Å². The Balaban J connectivity index is 1.92. The average molecular weight is 237 g/mol. The fourth-order valence-electron chi connectivity index (χ4n) is 3.78. The van der Waals surface area contributed by atoms with E-state index in [0.29, 0.717) is 12.0 Å². The number of fused-ring (bicyclic) bond motifs is 2. The molecule has 3 nitrogen and oxygen atoms in total. The number of nitrogens with zero attached hydrogens (tertiary/aromatic N) is 2. The van der Waals surface area contributed by atoms with Gasteiger partial charge in [-0.05, 0) is 36.5 Å². The molecule has 2 atom stereocenters. The molecule has 0 spiro atoms. The molecular weight excluding hydrogens is 222 g/mol. The Morgan fingerprint density at radius 1 is 1.39 bits per heavy atom. The van der Waals surface area contributed by atoms with Crippen LogP contribution in [0.15, 0.2) is 24.4 Å². The molecular formula is C15H15N3. The Hall–Kier alpha value is -1.95. The minimum Gasteiger partial charge on any atom is -0.361 e.